The summed E-state index contributed by atoms with van der Waals surface area (Å²) in [5.41, 5.74) is 6.39. The third kappa shape index (κ3) is 3.96. The standard InChI is InChI=1S/C19H14ClFN2/c20-16-8-6-15(7-9-16)19(14-4-2-1-3-5-14)23-22-18-12-10-17(21)11-13-18/h1-13,22H. The van der Waals surface area contributed by atoms with Crippen molar-refractivity contribution < 1.29 is 4.39 Å². The highest BCUT2D eigenvalue weighted by atomic mass is 35.5. The molecule has 114 valence electrons. The van der Waals surface area contributed by atoms with Crippen molar-refractivity contribution >= 4 is 23.0 Å². The molecule has 1 N–H and O–H groups in total. The van der Waals surface area contributed by atoms with Gasteiger partial charge in [0.25, 0.3) is 0 Å². The van der Waals surface area contributed by atoms with Gasteiger partial charge in [-0.05, 0) is 36.4 Å². The first kappa shape index (κ1) is 15.3. The van der Waals surface area contributed by atoms with Crippen molar-refractivity contribution in [2.75, 3.05) is 5.43 Å². The van der Waals surface area contributed by atoms with Crippen LogP contribution in [0.25, 0.3) is 0 Å². The van der Waals surface area contributed by atoms with E-state index in [0.717, 1.165) is 16.8 Å². The fourth-order valence-electron chi connectivity index (χ4n) is 2.14. The second-order valence-corrected chi connectivity index (χ2v) is 5.39. The van der Waals surface area contributed by atoms with E-state index in [4.69, 9.17) is 11.6 Å². The topological polar surface area (TPSA) is 24.4 Å². The zero-order chi connectivity index (χ0) is 16.1. The van der Waals surface area contributed by atoms with Gasteiger partial charge in [-0.3, -0.25) is 5.43 Å². The summed E-state index contributed by atoms with van der Waals surface area (Å²) in [6.07, 6.45) is 0. The van der Waals surface area contributed by atoms with Crippen LogP contribution in [0.1, 0.15) is 11.1 Å². The predicted molar refractivity (Wildman–Crippen MR) is 93.6 cm³/mol. The number of hydrogen-bond acceptors (Lipinski definition) is 2. The molecule has 0 amide bonds. The number of hydrogen-bond donors (Lipinski definition) is 1. The first-order valence-corrected chi connectivity index (χ1v) is 7.51. The third-order valence-electron chi connectivity index (χ3n) is 3.31. The number of hydrazone groups is 1. The van der Waals surface area contributed by atoms with Gasteiger partial charge in [0.1, 0.15) is 5.82 Å². The Kier molecular flexibility index (Phi) is 4.69. The highest BCUT2D eigenvalue weighted by Crippen LogP contribution is 2.16. The van der Waals surface area contributed by atoms with Crippen molar-refractivity contribution in [2.24, 2.45) is 5.10 Å². The molecule has 3 aromatic rings. The molecule has 0 saturated carbocycles. The van der Waals surface area contributed by atoms with Gasteiger partial charge in [0.05, 0.1) is 11.4 Å². The van der Waals surface area contributed by atoms with Crippen LogP contribution in [0, 0.1) is 5.82 Å². The van der Waals surface area contributed by atoms with Gasteiger partial charge in [0.15, 0.2) is 0 Å². The van der Waals surface area contributed by atoms with Crippen molar-refractivity contribution in [3.05, 3.63) is 101 Å². The highest BCUT2D eigenvalue weighted by molar-refractivity contribution is 6.30. The average molecular weight is 325 g/mol. The molecular formula is C19H14ClFN2. The summed E-state index contributed by atoms with van der Waals surface area (Å²) in [7, 11) is 0. The van der Waals surface area contributed by atoms with E-state index in [1.165, 1.54) is 12.1 Å². The Balaban J connectivity index is 1.96. The van der Waals surface area contributed by atoms with Crippen molar-refractivity contribution in [3.8, 4) is 0 Å². The quantitative estimate of drug-likeness (QED) is 0.508. The van der Waals surface area contributed by atoms with E-state index in [-0.39, 0.29) is 5.82 Å². The Hall–Kier alpha value is -2.65. The minimum absolute atomic E-state index is 0.277. The lowest BCUT2D eigenvalue weighted by atomic mass is 10.0. The number of anilines is 1. The van der Waals surface area contributed by atoms with Crippen LogP contribution in [-0.4, -0.2) is 5.71 Å². The van der Waals surface area contributed by atoms with E-state index in [0.29, 0.717) is 10.7 Å². The molecule has 4 heteroatoms. The molecule has 0 atom stereocenters. The molecule has 0 aromatic heterocycles. The summed E-state index contributed by atoms with van der Waals surface area (Å²) in [6.45, 7) is 0. The molecule has 0 spiro atoms. The number of rotatable bonds is 4. The van der Waals surface area contributed by atoms with E-state index in [1.807, 2.05) is 54.6 Å². The molecule has 0 bridgehead atoms. The fourth-order valence-corrected chi connectivity index (χ4v) is 2.27. The van der Waals surface area contributed by atoms with Gasteiger partial charge in [-0.25, -0.2) is 4.39 Å². The van der Waals surface area contributed by atoms with Gasteiger partial charge in [-0.2, -0.15) is 5.10 Å². The molecule has 0 saturated heterocycles. The summed E-state index contributed by atoms with van der Waals surface area (Å²) in [4.78, 5) is 0. The lowest BCUT2D eigenvalue weighted by Gasteiger charge is -2.09. The number of benzene rings is 3. The van der Waals surface area contributed by atoms with Crippen molar-refractivity contribution in [1.82, 2.24) is 0 Å². The van der Waals surface area contributed by atoms with Crippen LogP contribution in [-0.2, 0) is 0 Å². The molecule has 0 fully saturated rings. The van der Waals surface area contributed by atoms with Crippen LogP contribution in [0.3, 0.4) is 0 Å². The summed E-state index contributed by atoms with van der Waals surface area (Å²) in [5, 5.41) is 5.17. The van der Waals surface area contributed by atoms with Crippen LogP contribution in [0.4, 0.5) is 10.1 Å². The molecule has 23 heavy (non-hydrogen) atoms. The molecule has 3 aromatic carbocycles. The average Bonchev–Trinajstić information content (AvgIpc) is 2.59. The zero-order valence-electron chi connectivity index (χ0n) is 12.2. The second-order valence-electron chi connectivity index (χ2n) is 4.95. The first-order chi connectivity index (χ1) is 11.2. The third-order valence-corrected chi connectivity index (χ3v) is 3.56. The van der Waals surface area contributed by atoms with Crippen LogP contribution in [0.15, 0.2) is 84.0 Å². The monoisotopic (exact) mass is 324 g/mol. The molecule has 0 aliphatic rings. The van der Waals surface area contributed by atoms with Gasteiger partial charge >= 0.3 is 0 Å². The van der Waals surface area contributed by atoms with Crippen LogP contribution in [0.2, 0.25) is 5.02 Å². The Morgan fingerprint density at radius 2 is 1.39 bits per heavy atom. The normalized spacial score (nSPS) is 11.3. The lowest BCUT2D eigenvalue weighted by Crippen LogP contribution is -2.06. The summed E-state index contributed by atoms with van der Waals surface area (Å²) >= 11 is 5.96. The molecule has 0 aliphatic carbocycles. The molecule has 0 radical (unpaired) electrons. The summed E-state index contributed by atoms with van der Waals surface area (Å²) in [5.74, 6) is -0.277. The summed E-state index contributed by atoms with van der Waals surface area (Å²) < 4.78 is 13.0. The second kappa shape index (κ2) is 7.07. The Bertz CT molecular complexity index is 797. The number of halogens is 2. The SMILES string of the molecule is Fc1ccc(NN=C(c2ccccc2)c2ccc(Cl)cc2)cc1. The Morgan fingerprint density at radius 1 is 0.783 bits per heavy atom. The predicted octanol–water partition coefficient (Wildman–Crippen LogP) is 5.34. The maximum absolute atomic E-state index is 13.0. The molecule has 0 aliphatic heterocycles. The van der Waals surface area contributed by atoms with Crippen LogP contribution in [0.5, 0.6) is 0 Å². The molecule has 2 nitrogen and oxygen atoms in total. The van der Waals surface area contributed by atoms with Crippen molar-refractivity contribution in [1.29, 1.82) is 0 Å². The first-order valence-electron chi connectivity index (χ1n) is 7.13. The van der Waals surface area contributed by atoms with E-state index in [1.54, 1.807) is 12.1 Å². The fraction of sp³-hybridized carbons (Fsp3) is 0. The number of nitrogens with zero attached hydrogens (tertiary/aromatic N) is 1. The van der Waals surface area contributed by atoms with Gasteiger partial charge in [0.2, 0.25) is 0 Å². The van der Waals surface area contributed by atoms with Gasteiger partial charge in [-0.1, -0.05) is 54.1 Å². The van der Waals surface area contributed by atoms with Crippen molar-refractivity contribution in [3.63, 3.8) is 0 Å². The Morgan fingerprint density at radius 3 is 2.04 bits per heavy atom. The maximum atomic E-state index is 13.0. The van der Waals surface area contributed by atoms with Gasteiger partial charge < -0.3 is 0 Å². The molecule has 3 rings (SSSR count). The smallest absolute Gasteiger partial charge is 0.123 e. The molecule has 0 unspecified atom stereocenters. The number of nitrogens with one attached hydrogen (secondary N) is 1. The van der Waals surface area contributed by atoms with E-state index < -0.39 is 0 Å². The van der Waals surface area contributed by atoms with Gasteiger partial charge in [-0.15, -0.1) is 0 Å². The molecular weight excluding hydrogens is 311 g/mol. The summed E-state index contributed by atoms with van der Waals surface area (Å²) in [6, 6.07) is 23.4. The van der Waals surface area contributed by atoms with E-state index in [2.05, 4.69) is 10.5 Å². The van der Waals surface area contributed by atoms with E-state index in [9.17, 15) is 4.39 Å². The largest absolute Gasteiger partial charge is 0.278 e. The highest BCUT2D eigenvalue weighted by Gasteiger charge is 2.07. The van der Waals surface area contributed by atoms with Crippen molar-refractivity contribution in [2.45, 2.75) is 0 Å². The minimum atomic E-state index is -0.277. The lowest BCUT2D eigenvalue weighted by molar-refractivity contribution is 0.628. The Labute approximate surface area is 139 Å². The zero-order valence-corrected chi connectivity index (χ0v) is 13.0. The molecule has 0 heterocycles. The van der Waals surface area contributed by atoms with E-state index >= 15 is 0 Å². The van der Waals surface area contributed by atoms with Crippen LogP contribution >= 0.6 is 11.6 Å². The van der Waals surface area contributed by atoms with Crippen LogP contribution < -0.4 is 5.43 Å². The van der Waals surface area contributed by atoms with Gasteiger partial charge in [0, 0.05) is 16.1 Å². The maximum Gasteiger partial charge on any atom is 0.123 e. The minimum Gasteiger partial charge on any atom is -0.278 e.